The van der Waals surface area contributed by atoms with E-state index in [4.69, 9.17) is 16.3 Å². The van der Waals surface area contributed by atoms with Crippen molar-refractivity contribution in [3.63, 3.8) is 0 Å². The van der Waals surface area contributed by atoms with Crippen molar-refractivity contribution in [1.82, 2.24) is 0 Å². The van der Waals surface area contributed by atoms with Gasteiger partial charge in [-0.05, 0) is 49.6 Å². The van der Waals surface area contributed by atoms with Gasteiger partial charge in [0, 0.05) is 5.56 Å². The summed E-state index contributed by atoms with van der Waals surface area (Å²) in [5.74, 6) is 0.131. The quantitative estimate of drug-likeness (QED) is 0.556. The van der Waals surface area contributed by atoms with Gasteiger partial charge in [-0.1, -0.05) is 42.8 Å². The van der Waals surface area contributed by atoms with Crippen molar-refractivity contribution in [2.24, 2.45) is 0 Å². The third-order valence-electron chi connectivity index (χ3n) is 3.72. The number of nitriles is 1. The van der Waals surface area contributed by atoms with Crippen LogP contribution in [0.1, 0.15) is 30.0 Å². The molecular weight excluding hydrogens is 348 g/mol. The van der Waals surface area contributed by atoms with E-state index in [1.807, 2.05) is 51.1 Å². The van der Waals surface area contributed by atoms with Gasteiger partial charge in [0.25, 0.3) is 5.91 Å². The van der Waals surface area contributed by atoms with Gasteiger partial charge in [-0.2, -0.15) is 5.26 Å². The first-order chi connectivity index (χ1) is 12.5. The molecule has 0 fully saturated rings. The van der Waals surface area contributed by atoms with E-state index in [1.54, 1.807) is 12.1 Å². The predicted octanol–water partition coefficient (Wildman–Crippen LogP) is 5.29. The molecule has 5 heteroatoms. The van der Waals surface area contributed by atoms with E-state index >= 15 is 0 Å². The normalized spacial score (nSPS) is 11.0. The molecule has 0 radical (unpaired) electrons. The molecule has 2 rings (SSSR count). The Balaban J connectivity index is 2.30. The summed E-state index contributed by atoms with van der Waals surface area (Å²) in [4.78, 5) is 12.6. The van der Waals surface area contributed by atoms with Crippen LogP contribution < -0.4 is 10.1 Å². The number of para-hydroxylation sites is 1. The Morgan fingerprint density at radius 3 is 2.69 bits per heavy atom. The monoisotopic (exact) mass is 368 g/mol. The fraction of sp³-hybridized carbons (Fsp3) is 0.238. The standard InChI is InChI=1S/C21H21ClN2O2/c1-4-9-26-19-8-6-5-7-16(19)12-17(13-23)21(25)24-20-15(3)10-14(2)11-18(20)22/h5-8,10-12H,4,9H2,1-3H3,(H,24,25)/b17-12+. The van der Waals surface area contributed by atoms with Gasteiger partial charge in [-0.25, -0.2) is 0 Å². The van der Waals surface area contributed by atoms with Crippen molar-refractivity contribution >= 4 is 29.3 Å². The minimum Gasteiger partial charge on any atom is -0.493 e. The van der Waals surface area contributed by atoms with Crippen LogP contribution in [0.4, 0.5) is 5.69 Å². The molecule has 0 atom stereocenters. The fourth-order valence-electron chi connectivity index (χ4n) is 2.50. The van der Waals surface area contributed by atoms with Gasteiger partial charge in [-0.15, -0.1) is 0 Å². The molecule has 0 aromatic heterocycles. The maximum Gasteiger partial charge on any atom is 0.266 e. The van der Waals surface area contributed by atoms with Gasteiger partial charge in [0.2, 0.25) is 0 Å². The van der Waals surface area contributed by atoms with E-state index in [0.29, 0.717) is 28.6 Å². The number of hydrogen-bond donors (Lipinski definition) is 1. The lowest BCUT2D eigenvalue weighted by atomic mass is 10.1. The van der Waals surface area contributed by atoms with Gasteiger partial charge in [0.15, 0.2) is 0 Å². The zero-order valence-corrected chi connectivity index (χ0v) is 15.9. The van der Waals surface area contributed by atoms with Crippen molar-refractivity contribution in [1.29, 1.82) is 5.26 Å². The molecule has 134 valence electrons. The Bertz CT molecular complexity index is 859. The SMILES string of the molecule is CCCOc1ccccc1/C=C(\C#N)C(=O)Nc1c(C)cc(C)cc1Cl. The summed E-state index contributed by atoms with van der Waals surface area (Å²) < 4.78 is 5.67. The molecule has 0 saturated heterocycles. The summed E-state index contributed by atoms with van der Waals surface area (Å²) in [5, 5.41) is 12.6. The van der Waals surface area contributed by atoms with Crippen molar-refractivity contribution in [3.8, 4) is 11.8 Å². The molecule has 26 heavy (non-hydrogen) atoms. The minimum atomic E-state index is -0.508. The van der Waals surface area contributed by atoms with E-state index in [0.717, 1.165) is 17.5 Å². The average molecular weight is 369 g/mol. The average Bonchev–Trinajstić information content (AvgIpc) is 2.61. The van der Waals surface area contributed by atoms with Crippen molar-refractivity contribution in [2.75, 3.05) is 11.9 Å². The lowest BCUT2D eigenvalue weighted by molar-refractivity contribution is -0.112. The molecule has 0 spiro atoms. The van der Waals surface area contributed by atoms with Crippen LogP contribution in [0.15, 0.2) is 42.0 Å². The molecule has 0 saturated carbocycles. The highest BCUT2D eigenvalue weighted by atomic mass is 35.5. The van der Waals surface area contributed by atoms with Crippen LogP contribution in [0.2, 0.25) is 5.02 Å². The molecule has 2 aromatic carbocycles. The molecule has 0 unspecified atom stereocenters. The van der Waals surface area contributed by atoms with Crippen LogP contribution in [-0.4, -0.2) is 12.5 Å². The van der Waals surface area contributed by atoms with Gasteiger partial charge < -0.3 is 10.1 Å². The topological polar surface area (TPSA) is 62.1 Å². The lowest BCUT2D eigenvalue weighted by Crippen LogP contribution is -2.15. The first-order valence-electron chi connectivity index (χ1n) is 8.38. The number of aryl methyl sites for hydroxylation is 2. The van der Waals surface area contributed by atoms with Crippen molar-refractivity contribution < 1.29 is 9.53 Å². The van der Waals surface area contributed by atoms with Crippen LogP contribution in [0, 0.1) is 25.2 Å². The first kappa shape index (κ1) is 19.6. The predicted molar refractivity (Wildman–Crippen MR) is 105 cm³/mol. The Morgan fingerprint density at radius 2 is 2.04 bits per heavy atom. The maximum atomic E-state index is 12.6. The summed E-state index contributed by atoms with van der Waals surface area (Å²) in [6.45, 7) is 6.37. The number of amides is 1. The number of hydrogen-bond acceptors (Lipinski definition) is 3. The van der Waals surface area contributed by atoms with E-state index in [9.17, 15) is 10.1 Å². The van der Waals surface area contributed by atoms with Crippen LogP contribution in [0.3, 0.4) is 0 Å². The number of anilines is 1. The first-order valence-corrected chi connectivity index (χ1v) is 8.75. The highest BCUT2D eigenvalue weighted by Crippen LogP contribution is 2.28. The van der Waals surface area contributed by atoms with Crippen LogP contribution in [0.25, 0.3) is 6.08 Å². The molecule has 1 N–H and O–H groups in total. The Hall–Kier alpha value is -2.77. The van der Waals surface area contributed by atoms with Crippen LogP contribution >= 0.6 is 11.6 Å². The number of carbonyl (C=O) groups is 1. The maximum absolute atomic E-state index is 12.6. The number of nitrogens with zero attached hydrogens (tertiary/aromatic N) is 1. The molecule has 0 aliphatic heterocycles. The zero-order valence-electron chi connectivity index (χ0n) is 15.1. The number of nitrogens with one attached hydrogen (secondary N) is 1. The van der Waals surface area contributed by atoms with Crippen LogP contribution in [-0.2, 0) is 4.79 Å². The number of halogens is 1. The fourth-order valence-corrected chi connectivity index (χ4v) is 2.87. The van der Waals surface area contributed by atoms with Gasteiger partial charge in [-0.3, -0.25) is 4.79 Å². The van der Waals surface area contributed by atoms with Crippen molar-refractivity contribution in [3.05, 3.63) is 63.7 Å². The molecule has 4 nitrogen and oxygen atoms in total. The third-order valence-corrected chi connectivity index (χ3v) is 4.01. The lowest BCUT2D eigenvalue weighted by Gasteiger charge is -2.12. The highest BCUT2D eigenvalue weighted by molar-refractivity contribution is 6.34. The Kier molecular flexibility index (Phi) is 6.82. The van der Waals surface area contributed by atoms with Crippen LogP contribution in [0.5, 0.6) is 5.75 Å². The highest BCUT2D eigenvalue weighted by Gasteiger charge is 2.14. The van der Waals surface area contributed by atoms with Gasteiger partial charge in [0.1, 0.15) is 17.4 Å². The number of benzene rings is 2. The molecule has 0 aliphatic carbocycles. The Labute approximate surface area is 159 Å². The summed E-state index contributed by atoms with van der Waals surface area (Å²) in [7, 11) is 0. The summed E-state index contributed by atoms with van der Waals surface area (Å²) in [6.07, 6.45) is 2.40. The van der Waals surface area contributed by atoms with E-state index in [-0.39, 0.29) is 5.57 Å². The second-order valence-electron chi connectivity index (χ2n) is 5.95. The second-order valence-corrected chi connectivity index (χ2v) is 6.36. The zero-order chi connectivity index (χ0) is 19.1. The van der Waals surface area contributed by atoms with Gasteiger partial charge in [0.05, 0.1) is 17.3 Å². The smallest absolute Gasteiger partial charge is 0.266 e. The second kappa shape index (κ2) is 9.07. The summed E-state index contributed by atoms with van der Waals surface area (Å²) in [6, 6.07) is 13.0. The number of ether oxygens (including phenoxy) is 1. The van der Waals surface area contributed by atoms with Crippen molar-refractivity contribution in [2.45, 2.75) is 27.2 Å². The molecular formula is C21H21ClN2O2. The number of rotatable bonds is 6. The van der Waals surface area contributed by atoms with E-state index in [2.05, 4.69) is 5.32 Å². The molecule has 2 aromatic rings. The van der Waals surface area contributed by atoms with Gasteiger partial charge >= 0.3 is 0 Å². The molecule has 0 heterocycles. The summed E-state index contributed by atoms with van der Waals surface area (Å²) in [5.41, 5.74) is 3.02. The molecule has 0 aliphatic rings. The molecule has 0 bridgehead atoms. The Morgan fingerprint density at radius 1 is 1.31 bits per heavy atom. The van der Waals surface area contributed by atoms with E-state index in [1.165, 1.54) is 6.08 Å². The van der Waals surface area contributed by atoms with E-state index < -0.39 is 5.91 Å². The number of carbonyl (C=O) groups excluding carboxylic acids is 1. The third kappa shape index (κ3) is 4.87. The minimum absolute atomic E-state index is 0.0198. The largest absolute Gasteiger partial charge is 0.493 e. The molecule has 1 amide bonds. The summed E-state index contributed by atoms with van der Waals surface area (Å²) >= 11 is 6.23.